The first-order valence-corrected chi connectivity index (χ1v) is 7.86. The van der Waals surface area contributed by atoms with Crippen LogP contribution in [0.15, 0.2) is 0 Å². The molecule has 0 aliphatic carbocycles. The number of hydrogen-bond donors (Lipinski definition) is 1. The van der Waals surface area contributed by atoms with Gasteiger partial charge in [0.25, 0.3) is 0 Å². The molecule has 0 aromatic rings. The third-order valence-electron chi connectivity index (χ3n) is 4.39. The molecule has 3 heteroatoms. The summed E-state index contributed by atoms with van der Waals surface area (Å²) in [4.78, 5) is 2.74. The van der Waals surface area contributed by atoms with E-state index in [0.29, 0.717) is 6.04 Å². The highest BCUT2D eigenvalue weighted by Crippen LogP contribution is 2.34. The fourth-order valence-corrected chi connectivity index (χ4v) is 4.62. The van der Waals surface area contributed by atoms with Crippen LogP contribution >= 0.6 is 11.8 Å². The monoisotopic (exact) mass is 242 g/mol. The molecule has 0 radical (unpaired) electrons. The largest absolute Gasteiger partial charge is 0.329 e. The number of likely N-dealkylation sites (tertiary alicyclic amines) is 1. The molecule has 16 heavy (non-hydrogen) atoms. The van der Waals surface area contributed by atoms with Gasteiger partial charge in [0.05, 0.1) is 0 Å². The van der Waals surface area contributed by atoms with E-state index in [-0.39, 0.29) is 0 Å². The van der Waals surface area contributed by atoms with Crippen molar-refractivity contribution in [1.29, 1.82) is 0 Å². The van der Waals surface area contributed by atoms with Crippen LogP contribution in [0, 0.1) is 5.92 Å². The highest BCUT2D eigenvalue weighted by atomic mass is 32.2. The minimum Gasteiger partial charge on any atom is -0.329 e. The third kappa shape index (κ3) is 2.57. The summed E-state index contributed by atoms with van der Waals surface area (Å²) in [5.74, 6) is 2.15. The number of thioether (sulfide) groups is 1. The molecule has 2 aliphatic rings. The third-order valence-corrected chi connectivity index (χ3v) is 5.76. The predicted octanol–water partition coefficient (Wildman–Crippen LogP) is 2.33. The van der Waals surface area contributed by atoms with Gasteiger partial charge in [0, 0.05) is 23.9 Å². The Bertz CT molecular complexity index is 222. The lowest BCUT2D eigenvalue weighted by Gasteiger charge is -2.47. The van der Waals surface area contributed by atoms with Gasteiger partial charge in [-0.15, -0.1) is 0 Å². The Morgan fingerprint density at radius 2 is 2.06 bits per heavy atom. The van der Waals surface area contributed by atoms with Crippen molar-refractivity contribution in [3.63, 3.8) is 0 Å². The maximum atomic E-state index is 5.99. The number of hydrogen-bond acceptors (Lipinski definition) is 3. The Hall–Kier alpha value is 0.270. The Balaban J connectivity index is 2.04. The first-order chi connectivity index (χ1) is 7.74. The summed E-state index contributed by atoms with van der Waals surface area (Å²) in [7, 11) is 0. The van der Waals surface area contributed by atoms with Crippen LogP contribution in [0.5, 0.6) is 0 Å². The molecule has 0 aromatic heterocycles. The zero-order chi connectivity index (χ0) is 11.5. The van der Waals surface area contributed by atoms with Gasteiger partial charge in [0.2, 0.25) is 0 Å². The summed E-state index contributed by atoms with van der Waals surface area (Å²) in [5.41, 5.74) is 5.99. The molecule has 2 heterocycles. The summed E-state index contributed by atoms with van der Waals surface area (Å²) in [6.45, 7) is 6.91. The van der Waals surface area contributed by atoms with Crippen LogP contribution in [0.2, 0.25) is 0 Å². The van der Waals surface area contributed by atoms with Crippen molar-refractivity contribution >= 4 is 11.8 Å². The van der Waals surface area contributed by atoms with Gasteiger partial charge < -0.3 is 5.73 Å². The van der Waals surface area contributed by atoms with Crippen molar-refractivity contribution in [2.45, 2.75) is 56.9 Å². The molecule has 4 atom stereocenters. The van der Waals surface area contributed by atoms with Crippen LogP contribution in [-0.2, 0) is 0 Å². The van der Waals surface area contributed by atoms with Gasteiger partial charge in [0.15, 0.2) is 0 Å². The lowest BCUT2D eigenvalue weighted by Crippen LogP contribution is -2.56. The molecular formula is C13H26N2S. The number of nitrogens with two attached hydrogens (primary N) is 1. The van der Waals surface area contributed by atoms with E-state index in [1.807, 2.05) is 0 Å². The fourth-order valence-electron chi connectivity index (χ4n) is 3.40. The number of piperidine rings is 1. The summed E-state index contributed by atoms with van der Waals surface area (Å²) < 4.78 is 0. The predicted molar refractivity (Wildman–Crippen MR) is 72.9 cm³/mol. The fraction of sp³-hybridized carbons (Fsp3) is 1.00. The van der Waals surface area contributed by atoms with Crippen LogP contribution in [0.3, 0.4) is 0 Å². The SMILES string of the molecule is CC1CCCN(C2CCCSC2C)C1CN. The summed E-state index contributed by atoms with van der Waals surface area (Å²) in [6.07, 6.45) is 5.51. The molecule has 94 valence electrons. The summed E-state index contributed by atoms with van der Waals surface area (Å²) in [5, 5.41) is 0.799. The second kappa shape index (κ2) is 5.74. The van der Waals surface area contributed by atoms with E-state index >= 15 is 0 Å². The van der Waals surface area contributed by atoms with Crippen LogP contribution in [-0.4, -0.2) is 41.1 Å². The van der Waals surface area contributed by atoms with Gasteiger partial charge in [-0.2, -0.15) is 11.8 Å². The molecule has 2 N–H and O–H groups in total. The minimum absolute atomic E-state index is 0.639. The topological polar surface area (TPSA) is 29.3 Å². The van der Waals surface area contributed by atoms with Gasteiger partial charge in [-0.3, -0.25) is 4.90 Å². The molecule has 2 rings (SSSR count). The molecule has 0 spiro atoms. The molecule has 2 aliphatic heterocycles. The standard InChI is InChI=1S/C13H26N2S/c1-10-5-3-7-15(13(10)9-14)12-6-4-8-16-11(12)2/h10-13H,3-9,14H2,1-2H3. The highest BCUT2D eigenvalue weighted by Gasteiger charge is 2.35. The average Bonchev–Trinajstić information content (AvgIpc) is 2.29. The molecule has 4 unspecified atom stereocenters. The molecule has 2 nitrogen and oxygen atoms in total. The zero-order valence-electron chi connectivity index (χ0n) is 10.7. The first kappa shape index (κ1) is 12.7. The Morgan fingerprint density at radius 3 is 2.75 bits per heavy atom. The van der Waals surface area contributed by atoms with E-state index in [1.165, 1.54) is 38.0 Å². The van der Waals surface area contributed by atoms with E-state index < -0.39 is 0 Å². The van der Waals surface area contributed by atoms with Gasteiger partial charge >= 0.3 is 0 Å². The summed E-state index contributed by atoms with van der Waals surface area (Å²) in [6, 6.07) is 1.43. The van der Waals surface area contributed by atoms with E-state index in [1.54, 1.807) is 0 Å². The molecular weight excluding hydrogens is 216 g/mol. The average molecular weight is 242 g/mol. The van der Waals surface area contributed by atoms with E-state index in [9.17, 15) is 0 Å². The molecule has 2 fully saturated rings. The minimum atomic E-state index is 0.639. The van der Waals surface area contributed by atoms with Crippen molar-refractivity contribution in [3.05, 3.63) is 0 Å². The molecule has 0 aromatic carbocycles. The van der Waals surface area contributed by atoms with E-state index in [2.05, 4.69) is 30.5 Å². The van der Waals surface area contributed by atoms with Crippen molar-refractivity contribution < 1.29 is 0 Å². The maximum absolute atomic E-state index is 5.99. The van der Waals surface area contributed by atoms with Crippen LogP contribution < -0.4 is 5.73 Å². The quantitative estimate of drug-likeness (QED) is 0.806. The van der Waals surface area contributed by atoms with Crippen molar-refractivity contribution in [2.24, 2.45) is 11.7 Å². The van der Waals surface area contributed by atoms with Crippen LogP contribution in [0.25, 0.3) is 0 Å². The molecule has 0 saturated carbocycles. The molecule has 0 bridgehead atoms. The number of rotatable bonds is 2. The lowest BCUT2D eigenvalue weighted by atomic mass is 9.88. The second-order valence-electron chi connectivity index (χ2n) is 5.45. The second-order valence-corrected chi connectivity index (χ2v) is 6.93. The number of nitrogens with zero attached hydrogens (tertiary/aromatic N) is 1. The van der Waals surface area contributed by atoms with E-state index in [0.717, 1.165) is 23.8 Å². The maximum Gasteiger partial charge on any atom is 0.0247 e. The zero-order valence-corrected chi connectivity index (χ0v) is 11.5. The van der Waals surface area contributed by atoms with E-state index in [4.69, 9.17) is 5.73 Å². The van der Waals surface area contributed by atoms with Crippen molar-refractivity contribution in [3.8, 4) is 0 Å². The van der Waals surface area contributed by atoms with Crippen molar-refractivity contribution in [2.75, 3.05) is 18.8 Å². The van der Waals surface area contributed by atoms with Gasteiger partial charge in [-0.25, -0.2) is 0 Å². The van der Waals surface area contributed by atoms with Crippen LogP contribution in [0.4, 0.5) is 0 Å². The van der Waals surface area contributed by atoms with Gasteiger partial charge in [-0.05, 0) is 43.9 Å². The van der Waals surface area contributed by atoms with Gasteiger partial charge in [0.1, 0.15) is 0 Å². The Kier molecular flexibility index (Phi) is 4.57. The van der Waals surface area contributed by atoms with Crippen molar-refractivity contribution in [1.82, 2.24) is 4.90 Å². The Labute approximate surface area is 104 Å². The highest BCUT2D eigenvalue weighted by molar-refractivity contribution is 7.99. The van der Waals surface area contributed by atoms with Gasteiger partial charge in [-0.1, -0.05) is 13.8 Å². The molecule has 0 amide bonds. The summed E-state index contributed by atoms with van der Waals surface area (Å²) >= 11 is 2.15. The van der Waals surface area contributed by atoms with Crippen LogP contribution in [0.1, 0.15) is 39.5 Å². The smallest absolute Gasteiger partial charge is 0.0247 e. The first-order valence-electron chi connectivity index (χ1n) is 6.81. The lowest BCUT2D eigenvalue weighted by molar-refractivity contribution is 0.0570. The normalized spacial score (nSPS) is 42.2. The Morgan fingerprint density at radius 1 is 1.25 bits per heavy atom. The molecule has 2 saturated heterocycles.